The van der Waals surface area contributed by atoms with E-state index in [2.05, 4.69) is 24.1 Å². The average molecular weight is 289 g/mol. The van der Waals surface area contributed by atoms with Crippen LogP contribution < -0.4 is 11.1 Å². The van der Waals surface area contributed by atoms with E-state index >= 15 is 0 Å². The van der Waals surface area contributed by atoms with Gasteiger partial charge < -0.3 is 11.1 Å². The van der Waals surface area contributed by atoms with Crippen LogP contribution in [0.3, 0.4) is 0 Å². The lowest BCUT2D eigenvalue weighted by atomic mass is 10.1. The fourth-order valence-corrected chi connectivity index (χ4v) is 2.67. The summed E-state index contributed by atoms with van der Waals surface area (Å²) in [7, 11) is 0. The Morgan fingerprint density at radius 1 is 1.38 bits per heavy atom. The van der Waals surface area contributed by atoms with E-state index in [0.29, 0.717) is 12.0 Å². The molecule has 3 N–H and O–H groups in total. The monoisotopic (exact) mass is 289 g/mol. The summed E-state index contributed by atoms with van der Waals surface area (Å²) in [4.78, 5) is 14.9. The minimum absolute atomic E-state index is 0.0652. The van der Waals surface area contributed by atoms with Gasteiger partial charge in [0.25, 0.3) is 0 Å². The van der Waals surface area contributed by atoms with Crippen LogP contribution >= 0.6 is 0 Å². The molecule has 0 aliphatic heterocycles. The van der Waals surface area contributed by atoms with E-state index in [0.717, 1.165) is 23.5 Å². The molecule has 116 valence electrons. The van der Waals surface area contributed by atoms with Crippen LogP contribution in [0.4, 0.5) is 11.4 Å². The van der Waals surface area contributed by atoms with Crippen molar-refractivity contribution in [3.8, 4) is 0 Å². The van der Waals surface area contributed by atoms with Gasteiger partial charge in [-0.05, 0) is 56.4 Å². The SMILES string of the molecule is Cc1cc(N)ccc1NC(=O)C(C)N(CC(C)C)C1CC1. The molecule has 1 aromatic rings. The zero-order valence-electron chi connectivity index (χ0n) is 13.5. The Bertz CT molecular complexity index is 509. The fourth-order valence-electron chi connectivity index (χ4n) is 2.67. The highest BCUT2D eigenvalue weighted by Gasteiger charge is 2.35. The predicted octanol–water partition coefficient (Wildman–Crippen LogP) is 3.02. The van der Waals surface area contributed by atoms with Crippen molar-refractivity contribution < 1.29 is 4.79 Å². The number of hydrogen-bond donors (Lipinski definition) is 2. The molecule has 0 spiro atoms. The van der Waals surface area contributed by atoms with Gasteiger partial charge in [0, 0.05) is 24.0 Å². The third kappa shape index (κ3) is 4.21. The number of rotatable bonds is 6. The lowest BCUT2D eigenvalue weighted by Gasteiger charge is -2.30. The summed E-state index contributed by atoms with van der Waals surface area (Å²) in [6.07, 6.45) is 2.43. The number of carbonyl (C=O) groups excluding carboxylic acids is 1. The number of aryl methyl sites for hydroxylation is 1. The minimum atomic E-state index is -0.100. The largest absolute Gasteiger partial charge is 0.399 e. The molecule has 1 atom stereocenters. The number of nitrogen functional groups attached to an aromatic ring is 1. The molecule has 2 rings (SSSR count). The Morgan fingerprint density at radius 3 is 2.57 bits per heavy atom. The first kappa shape index (κ1) is 15.8. The van der Waals surface area contributed by atoms with E-state index in [1.54, 1.807) is 0 Å². The second-order valence-corrected chi connectivity index (χ2v) is 6.56. The Morgan fingerprint density at radius 2 is 2.05 bits per heavy atom. The molecule has 1 saturated carbocycles. The van der Waals surface area contributed by atoms with Crippen molar-refractivity contribution >= 4 is 17.3 Å². The minimum Gasteiger partial charge on any atom is -0.399 e. The van der Waals surface area contributed by atoms with Crippen LogP contribution in [-0.4, -0.2) is 29.4 Å². The molecule has 4 heteroatoms. The summed E-state index contributed by atoms with van der Waals surface area (Å²) >= 11 is 0. The Balaban J connectivity index is 2.03. The number of benzene rings is 1. The van der Waals surface area contributed by atoms with Crippen LogP contribution in [0.1, 0.15) is 39.2 Å². The predicted molar refractivity (Wildman–Crippen MR) is 88.2 cm³/mol. The van der Waals surface area contributed by atoms with E-state index < -0.39 is 0 Å². The first-order valence-electron chi connectivity index (χ1n) is 7.81. The van der Waals surface area contributed by atoms with Gasteiger partial charge in [-0.3, -0.25) is 9.69 Å². The lowest BCUT2D eigenvalue weighted by Crippen LogP contribution is -2.45. The third-order valence-electron chi connectivity index (χ3n) is 3.98. The molecule has 1 unspecified atom stereocenters. The standard InChI is InChI=1S/C17H27N3O/c1-11(2)10-20(15-6-7-15)13(4)17(21)19-16-8-5-14(18)9-12(16)3/h5,8-9,11,13,15H,6-7,10,18H2,1-4H3,(H,19,21). The highest BCUT2D eigenvalue weighted by Crippen LogP contribution is 2.30. The molecule has 21 heavy (non-hydrogen) atoms. The van der Waals surface area contributed by atoms with Gasteiger partial charge in [0.05, 0.1) is 6.04 Å². The average Bonchev–Trinajstić information content (AvgIpc) is 3.22. The lowest BCUT2D eigenvalue weighted by molar-refractivity contribution is -0.121. The van der Waals surface area contributed by atoms with Gasteiger partial charge >= 0.3 is 0 Å². The van der Waals surface area contributed by atoms with Gasteiger partial charge in [0.2, 0.25) is 5.91 Å². The molecule has 0 aromatic heterocycles. The molecule has 1 aliphatic rings. The molecule has 1 fully saturated rings. The topological polar surface area (TPSA) is 58.4 Å². The Hall–Kier alpha value is -1.55. The second kappa shape index (κ2) is 6.48. The zero-order chi connectivity index (χ0) is 15.6. The molecule has 0 bridgehead atoms. The van der Waals surface area contributed by atoms with Crippen LogP contribution in [0.2, 0.25) is 0 Å². The maximum atomic E-state index is 12.5. The summed E-state index contributed by atoms with van der Waals surface area (Å²) in [5.74, 6) is 0.634. The molecule has 0 saturated heterocycles. The number of nitrogens with zero attached hydrogens (tertiary/aromatic N) is 1. The third-order valence-corrected chi connectivity index (χ3v) is 3.98. The maximum absolute atomic E-state index is 12.5. The van der Waals surface area contributed by atoms with Crippen LogP contribution in [0.15, 0.2) is 18.2 Å². The van der Waals surface area contributed by atoms with Gasteiger partial charge in [0.1, 0.15) is 0 Å². The first-order chi connectivity index (χ1) is 9.88. The van der Waals surface area contributed by atoms with E-state index in [-0.39, 0.29) is 11.9 Å². The Labute approximate surface area is 127 Å². The first-order valence-corrected chi connectivity index (χ1v) is 7.81. The number of nitrogens with one attached hydrogen (secondary N) is 1. The molecule has 1 aromatic carbocycles. The van der Waals surface area contributed by atoms with Gasteiger partial charge in [-0.2, -0.15) is 0 Å². The van der Waals surface area contributed by atoms with Gasteiger partial charge in [-0.15, -0.1) is 0 Å². The number of nitrogens with two attached hydrogens (primary N) is 1. The summed E-state index contributed by atoms with van der Waals surface area (Å²) in [6, 6.07) is 6.06. The van der Waals surface area contributed by atoms with Crippen molar-refractivity contribution in [3.05, 3.63) is 23.8 Å². The number of amides is 1. The van der Waals surface area contributed by atoms with Crippen LogP contribution in [0.5, 0.6) is 0 Å². The van der Waals surface area contributed by atoms with Crippen molar-refractivity contribution in [1.82, 2.24) is 4.90 Å². The van der Waals surface area contributed by atoms with E-state index in [1.165, 1.54) is 12.8 Å². The highest BCUT2D eigenvalue weighted by molar-refractivity contribution is 5.95. The van der Waals surface area contributed by atoms with Crippen LogP contribution in [0, 0.1) is 12.8 Å². The van der Waals surface area contributed by atoms with Gasteiger partial charge in [0.15, 0.2) is 0 Å². The van der Waals surface area contributed by atoms with Gasteiger partial charge in [-0.1, -0.05) is 13.8 Å². The number of hydrogen-bond acceptors (Lipinski definition) is 3. The van der Waals surface area contributed by atoms with Crippen molar-refractivity contribution in [2.75, 3.05) is 17.6 Å². The zero-order valence-corrected chi connectivity index (χ0v) is 13.5. The molecule has 4 nitrogen and oxygen atoms in total. The molecule has 0 heterocycles. The number of carbonyl (C=O) groups is 1. The van der Waals surface area contributed by atoms with Crippen LogP contribution in [0.25, 0.3) is 0 Å². The van der Waals surface area contributed by atoms with Crippen molar-refractivity contribution in [1.29, 1.82) is 0 Å². The molecular weight excluding hydrogens is 262 g/mol. The summed E-state index contributed by atoms with van der Waals surface area (Å²) in [6.45, 7) is 9.33. The molecule has 1 amide bonds. The number of anilines is 2. The van der Waals surface area contributed by atoms with Crippen molar-refractivity contribution in [2.45, 2.75) is 52.6 Å². The molecular formula is C17H27N3O. The normalized spacial score (nSPS) is 16.3. The van der Waals surface area contributed by atoms with E-state index in [9.17, 15) is 4.79 Å². The molecule has 0 radical (unpaired) electrons. The van der Waals surface area contributed by atoms with Crippen molar-refractivity contribution in [2.24, 2.45) is 5.92 Å². The van der Waals surface area contributed by atoms with E-state index in [4.69, 9.17) is 5.73 Å². The Kier molecular flexibility index (Phi) is 4.88. The quantitative estimate of drug-likeness (QED) is 0.791. The summed E-state index contributed by atoms with van der Waals surface area (Å²) in [5.41, 5.74) is 8.31. The highest BCUT2D eigenvalue weighted by atomic mass is 16.2. The molecule has 1 aliphatic carbocycles. The van der Waals surface area contributed by atoms with E-state index in [1.807, 2.05) is 32.0 Å². The van der Waals surface area contributed by atoms with Crippen molar-refractivity contribution in [3.63, 3.8) is 0 Å². The maximum Gasteiger partial charge on any atom is 0.241 e. The summed E-state index contributed by atoms with van der Waals surface area (Å²) < 4.78 is 0. The van der Waals surface area contributed by atoms with Gasteiger partial charge in [-0.25, -0.2) is 0 Å². The smallest absolute Gasteiger partial charge is 0.241 e. The van der Waals surface area contributed by atoms with Crippen LogP contribution in [-0.2, 0) is 4.79 Å². The fraction of sp³-hybridized carbons (Fsp3) is 0.588. The second-order valence-electron chi connectivity index (χ2n) is 6.56. The summed E-state index contributed by atoms with van der Waals surface area (Å²) in [5, 5.41) is 3.04.